The summed E-state index contributed by atoms with van der Waals surface area (Å²) in [7, 11) is -4.70. The zero-order chi connectivity index (χ0) is 16.5. The second kappa shape index (κ2) is 5.84. The maximum atomic E-state index is 12.9. The lowest BCUT2D eigenvalue weighted by Crippen LogP contribution is -2.45. The number of aryl methyl sites for hydroxylation is 1. The fourth-order valence-corrected chi connectivity index (χ4v) is 2.16. The molecule has 0 N–H and O–H groups in total. The van der Waals surface area contributed by atoms with E-state index in [2.05, 4.69) is 4.18 Å². The summed E-state index contributed by atoms with van der Waals surface area (Å²) in [4.78, 5) is -0.522. The predicted molar refractivity (Wildman–Crippen MR) is 60.2 cm³/mol. The molecule has 10 heteroatoms. The highest BCUT2D eigenvalue weighted by Gasteiger charge is 2.57. The second-order valence-electron chi connectivity index (χ2n) is 4.19. The standard InChI is InChI=1S/C11H10F6O3S/c1-7-2-4-8(5-3-7)21(18,19)20-6-10(13,14)9(12)11(15,16)17/h2-5,9H,6H2,1H3. The molecule has 0 amide bonds. The molecule has 0 saturated heterocycles. The summed E-state index contributed by atoms with van der Waals surface area (Å²) in [6.45, 7) is -0.619. The van der Waals surface area contributed by atoms with E-state index in [9.17, 15) is 34.8 Å². The molecular weight excluding hydrogens is 326 g/mol. The van der Waals surface area contributed by atoms with Crippen LogP contribution in [-0.2, 0) is 14.3 Å². The van der Waals surface area contributed by atoms with Crippen LogP contribution in [0.25, 0.3) is 0 Å². The molecule has 3 nitrogen and oxygen atoms in total. The van der Waals surface area contributed by atoms with Crippen LogP contribution < -0.4 is 0 Å². The molecule has 1 atom stereocenters. The molecule has 0 bridgehead atoms. The van der Waals surface area contributed by atoms with Crippen LogP contribution in [0.2, 0.25) is 0 Å². The first-order chi connectivity index (χ1) is 9.36. The third-order valence-corrected chi connectivity index (χ3v) is 3.65. The van der Waals surface area contributed by atoms with Crippen molar-refractivity contribution < 1.29 is 38.9 Å². The Balaban J connectivity index is 2.84. The van der Waals surface area contributed by atoms with Crippen LogP contribution in [0.5, 0.6) is 0 Å². The maximum Gasteiger partial charge on any atom is 0.425 e. The van der Waals surface area contributed by atoms with Gasteiger partial charge in [0, 0.05) is 0 Å². The van der Waals surface area contributed by atoms with Crippen molar-refractivity contribution in [2.24, 2.45) is 0 Å². The van der Waals surface area contributed by atoms with Crippen molar-refractivity contribution in [3.05, 3.63) is 29.8 Å². The molecule has 0 aliphatic heterocycles. The molecule has 0 spiro atoms. The number of hydrogen-bond acceptors (Lipinski definition) is 3. The third-order valence-electron chi connectivity index (χ3n) is 2.37. The van der Waals surface area contributed by atoms with Crippen LogP contribution in [0.4, 0.5) is 26.3 Å². The van der Waals surface area contributed by atoms with E-state index in [1.807, 2.05) is 0 Å². The average molecular weight is 336 g/mol. The first-order valence-electron chi connectivity index (χ1n) is 5.41. The first kappa shape index (κ1) is 17.8. The smallest absolute Gasteiger partial charge is 0.260 e. The Bertz CT molecular complexity index is 579. The van der Waals surface area contributed by atoms with Gasteiger partial charge in [-0.2, -0.15) is 21.6 Å². The summed E-state index contributed by atoms with van der Waals surface area (Å²) < 4.78 is 101. The maximum absolute atomic E-state index is 12.9. The van der Waals surface area contributed by atoms with Gasteiger partial charge in [-0.05, 0) is 19.1 Å². The van der Waals surface area contributed by atoms with Gasteiger partial charge in [0.1, 0.15) is 6.61 Å². The molecule has 1 aromatic rings. The van der Waals surface area contributed by atoms with E-state index in [0.717, 1.165) is 12.1 Å². The highest BCUT2D eigenvalue weighted by Crippen LogP contribution is 2.35. The topological polar surface area (TPSA) is 43.4 Å². The van der Waals surface area contributed by atoms with Crippen LogP contribution >= 0.6 is 0 Å². The summed E-state index contributed by atoms with van der Waals surface area (Å²) in [6, 6.07) is 4.73. The molecule has 0 aliphatic carbocycles. The van der Waals surface area contributed by atoms with E-state index in [0.29, 0.717) is 5.56 Å². The Morgan fingerprint density at radius 1 is 1.10 bits per heavy atom. The lowest BCUT2D eigenvalue weighted by molar-refractivity contribution is -0.249. The monoisotopic (exact) mass is 336 g/mol. The Kier molecular flexibility index (Phi) is 4.94. The second-order valence-corrected chi connectivity index (χ2v) is 5.81. The lowest BCUT2D eigenvalue weighted by atomic mass is 10.2. The molecule has 0 aliphatic rings. The molecule has 0 saturated carbocycles. The van der Waals surface area contributed by atoms with Gasteiger partial charge >= 0.3 is 12.1 Å². The minimum atomic E-state index is -5.82. The SMILES string of the molecule is Cc1ccc(S(=O)(=O)OCC(F)(F)C(F)C(F)(F)F)cc1. The minimum absolute atomic E-state index is 0.522. The third kappa shape index (κ3) is 4.60. The van der Waals surface area contributed by atoms with E-state index in [4.69, 9.17) is 0 Å². The van der Waals surface area contributed by atoms with Crippen LogP contribution in [0.15, 0.2) is 29.2 Å². The minimum Gasteiger partial charge on any atom is -0.260 e. The van der Waals surface area contributed by atoms with Crippen molar-refractivity contribution in [2.75, 3.05) is 6.61 Å². The van der Waals surface area contributed by atoms with Crippen molar-refractivity contribution in [3.8, 4) is 0 Å². The molecular formula is C11H10F6O3S. The van der Waals surface area contributed by atoms with Crippen molar-refractivity contribution >= 4 is 10.1 Å². The van der Waals surface area contributed by atoms with Gasteiger partial charge in [0.2, 0.25) is 0 Å². The van der Waals surface area contributed by atoms with E-state index in [1.54, 1.807) is 6.92 Å². The number of hydrogen-bond donors (Lipinski definition) is 0. The highest BCUT2D eigenvalue weighted by atomic mass is 32.2. The van der Waals surface area contributed by atoms with Crippen LogP contribution in [-0.4, -0.2) is 33.3 Å². The normalized spacial score (nSPS) is 15.0. The Labute approximate surface area is 116 Å². The first-order valence-corrected chi connectivity index (χ1v) is 6.82. The molecule has 21 heavy (non-hydrogen) atoms. The van der Waals surface area contributed by atoms with Gasteiger partial charge < -0.3 is 0 Å². The van der Waals surface area contributed by atoms with Gasteiger partial charge in [0.05, 0.1) is 4.90 Å². The van der Waals surface area contributed by atoms with Gasteiger partial charge in [-0.25, -0.2) is 13.2 Å². The van der Waals surface area contributed by atoms with E-state index in [-0.39, 0.29) is 0 Å². The number of halogens is 6. The van der Waals surface area contributed by atoms with Gasteiger partial charge in [-0.3, -0.25) is 4.18 Å². The van der Waals surface area contributed by atoms with Gasteiger partial charge in [-0.1, -0.05) is 17.7 Å². The Hall–Kier alpha value is -1.29. The quantitative estimate of drug-likeness (QED) is 0.612. The van der Waals surface area contributed by atoms with Gasteiger partial charge in [0.25, 0.3) is 16.3 Å². The summed E-state index contributed by atoms with van der Waals surface area (Å²) in [5.74, 6) is -5.02. The Morgan fingerprint density at radius 3 is 2.00 bits per heavy atom. The number of rotatable bonds is 5. The van der Waals surface area contributed by atoms with Gasteiger partial charge in [-0.15, -0.1) is 0 Å². The van der Waals surface area contributed by atoms with Crippen LogP contribution in [0.1, 0.15) is 5.56 Å². The molecule has 0 heterocycles. The summed E-state index contributed by atoms with van der Waals surface area (Å²) in [6.07, 6.45) is -10.3. The average Bonchev–Trinajstić information content (AvgIpc) is 2.35. The molecule has 0 radical (unpaired) electrons. The van der Waals surface area contributed by atoms with Crippen molar-refractivity contribution in [3.63, 3.8) is 0 Å². The summed E-state index contributed by atoms with van der Waals surface area (Å²) >= 11 is 0. The molecule has 1 rings (SSSR count). The highest BCUT2D eigenvalue weighted by molar-refractivity contribution is 7.86. The van der Waals surface area contributed by atoms with Crippen LogP contribution in [0.3, 0.4) is 0 Å². The summed E-state index contributed by atoms with van der Waals surface area (Å²) in [5.41, 5.74) is 0.667. The number of alkyl halides is 6. The van der Waals surface area contributed by atoms with Crippen molar-refractivity contribution in [2.45, 2.75) is 30.1 Å². The molecule has 120 valence electrons. The molecule has 1 aromatic carbocycles. The van der Waals surface area contributed by atoms with Crippen molar-refractivity contribution in [1.29, 1.82) is 0 Å². The molecule has 0 aromatic heterocycles. The zero-order valence-corrected chi connectivity index (χ0v) is 11.3. The van der Waals surface area contributed by atoms with Crippen LogP contribution in [0, 0.1) is 6.92 Å². The van der Waals surface area contributed by atoms with Crippen molar-refractivity contribution in [1.82, 2.24) is 0 Å². The van der Waals surface area contributed by atoms with Gasteiger partial charge in [0.15, 0.2) is 0 Å². The molecule has 0 fully saturated rings. The fraction of sp³-hybridized carbons (Fsp3) is 0.455. The zero-order valence-electron chi connectivity index (χ0n) is 10.5. The lowest BCUT2D eigenvalue weighted by Gasteiger charge is -2.22. The molecule has 1 unspecified atom stereocenters. The number of benzene rings is 1. The van der Waals surface area contributed by atoms with E-state index >= 15 is 0 Å². The fourth-order valence-electron chi connectivity index (χ4n) is 1.24. The largest absolute Gasteiger partial charge is 0.425 e. The van der Waals surface area contributed by atoms with E-state index < -0.39 is 39.9 Å². The predicted octanol–water partition coefficient (Wildman–Crippen LogP) is 3.24. The Morgan fingerprint density at radius 2 is 1.57 bits per heavy atom. The van der Waals surface area contributed by atoms with E-state index in [1.165, 1.54) is 12.1 Å². The summed E-state index contributed by atoms with van der Waals surface area (Å²) in [5, 5.41) is 0.